The maximum absolute atomic E-state index is 12.5. The van der Waals surface area contributed by atoms with Gasteiger partial charge in [0.2, 0.25) is 0 Å². The van der Waals surface area contributed by atoms with Crippen LogP contribution < -0.4 is 14.4 Å². The van der Waals surface area contributed by atoms with Crippen LogP contribution in [-0.4, -0.2) is 28.0 Å². The molecule has 2 aromatic carbocycles. The molecule has 6 nitrogen and oxygen atoms in total. The van der Waals surface area contributed by atoms with Gasteiger partial charge in [-0.1, -0.05) is 29.3 Å². The maximum Gasteiger partial charge on any atom is 0.273 e. The summed E-state index contributed by atoms with van der Waals surface area (Å²) in [5.74, 6) is 0.0600. The number of carbonyl (C=O) groups excluding carboxylic acids is 1. The van der Waals surface area contributed by atoms with Crippen LogP contribution in [0.15, 0.2) is 64.2 Å². The highest BCUT2D eigenvalue weighted by atomic mass is 35.5. The second kappa shape index (κ2) is 9.04. The summed E-state index contributed by atoms with van der Waals surface area (Å²) in [6.45, 7) is -0.219. The minimum Gasteiger partial charge on any atom is -0.484 e. The number of benzene rings is 2. The molecule has 0 atom stereocenters. The van der Waals surface area contributed by atoms with Crippen LogP contribution in [0.2, 0.25) is 10.0 Å². The molecule has 1 N–H and O–H groups in total. The van der Waals surface area contributed by atoms with Gasteiger partial charge < -0.3 is 10.1 Å². The van der Waals surface area contributed by atoms with Crippen molar-refractivity contribution in [1.82, 2.24) is 0 Å². The molecule has 0 fully saturated rings. The van der Waals surface area contributed by atoms with Crippen molar-refractivity contribution in [2.45, 2.75) is 4.21 Å². The predicted octanol–water partition coefficient (Wildman–Crippen LogP) is 4.90. The lowest BCUT2D eigenvalue weighted by Crippen LogP contribution is -2.25. The van der Waals surface area contributed by atoms with E-state index in [1.807, 2.05) is 0 Å². The molecular weight excluding hydrogens is 455 g/mol. The number of hydrogen-bond donors (Lipinski definition) is 1. The number of halogens is 2. The van der Waals surface area contributed by atoms with Crippen molar-refractivity contribution in [3.8, 4) is 5.75 Å². The van der Waals surface area contributed by atoms with Crippen molar-refractivity contribution in [3.63, 3.8) is 0 Å². The van der Waals surface area contributed by atoms with E-state index in [0.717, 1.165) is 11.3 Å². The van der Waals surface area contributed by atoms with Gasteiger partial charge in [-0.2, -0.15) is 0 Å². The molecule has 1 aromatic heterocycles. The Morgan fingerprint density at radius 1 is 1.10 bits per heavy atom. The first-order chi connectivity index (χ1) is 13.8. The lowest BCUT2D eigenvalue weighted by molar-refractivity contribution is -0.118. The van der Waals surface area contributed by atoms with E-state index in [1.165, 1.54) is 11.4 Å². The van der Waals surface area contributed by atoms with Crippen LogP contribution in [0.5, 0.6) is 5.75 Å². The average molecular weight is 471 g/mol. The summed E-state index contributed by atoms with van der Waals surface area (Å²) < 4.78 is 32.0. The van der Waals surface area contributed by atoms with E-state index >= 15 is 0 Å². The molecule has 0 aliphatic heterocycles. The van der Waals surface area contributed by atoms with Crippen LogP contribution in [0.25, 0.3) is 0 Å². The Kier molecular flexibility index (Phi) is 6.69. The van der Waals surface area contributed by atoms with Crippen LogP contribution in [-0.2, 0) is 14.8 Å². The molecule has 1 amide bonds. The molecule has 3 aromatic rings. The number of rotatable bonds is 7. The summed E-state index contributed by atoms with van der Waals surface area (Å²) in [4.78, 5) is 12.0. The van der Waals surface area contributed by atoms with Crippen LogP contribution in [0.1, 0.15) is 0 Å². The van der Waals surface area contributed by atoms with Gasteiger partial charge in [-0.15, -0.1) is 11.3 Å². The van der Waals surface area contributed by atoms with Crippen LogP contribution >= 0.6 is 34.5 Å². The van der Waals surface area contributed by atoms with E-state index in [0.29, 0.717) is 27.2 Å². The number of nitrogens with zero attached hydrogens (tertiary/aromatic N) is 1. The molecule has 29 heavy (non-hydrogen) atoms. The number of ether oxygens (including phenoxy) is 1. The highest BCUT2D eigenvalue weighted by Crippen LogP contribution is 2.27. The third-order valence-electron chi connectivity index (χ3n) is 3.88. The average Bonchev–Trinajstić information content (AvgIpc) is 3.25. The second-order valence-corrected chi connectivity index (χ2v) is 9.82. The van der Waals surface area contributed by atoms with Gasteiger partial charge in [0.15, 0.2) is 6.61 Å². The lowest BCUT2D eigenvalue weighted by Gasteiger charge is -2.18. The predicted molar refractivity (Wildman–Crippen MR) is 117 cm³/mol. The summed E-state index contributed by atoms with van der Waals surface area (Å²) in [6.07, 6.45) is 0. The van der Waals surface area contributed by atoms with E-state index in [-0.39, 0.29) is 16.7 Å². The topological polar surface area (TPSA) is 75.7 Å². The molecule has 3 rings (SSSR count). The number of nitrogens with one attached hydrogen (secondary N) is 1. The van der Waals surface area contributed by atoms with Gasteiger partial charge in [0.05, 0.1) is 15.7 Å². The Morgan fingerprint density at radius 2 is 1.83 bits per heavy atom. The summed E-state index contributed by atoms with van der Waals surface area (Å²) >= 11 is 12.9. The lowest BCUT2D eigenvalue weighted by atomic mass is 10.3. The van der Waals surface area contributed by atoms with E-state index in [1.54, 1.807) is 60.0 Å². The van der Waals surface area contributed by atoms with Gasteiger partial charge >= 0.3 is 0 Å². The summed E-state index contributed by atoms with van der Waals surface area (Å²) in [5.41, 5.74) is 0.981. The molecular formula is C19H16Cl2N2O4S2. The highest BCUT2D eigenvalue weighted by molar-refractivity contribution is 7.94. The Morgan fingerprint density at radius 3 is 2.45 bits per heavy atom. The van der Waals surface area contributed by atoms with Gasteiger partial charge in [-0.05, 0) is 53.9 Å². The third-order valence-corrected chi connectivity index (χ3v) is 7.78. The van der Waals surface area contributed by atoms with E-state index in [2.05, 4.69) is 5.32 Å². The first kappa shape index (κ1) is 21.4. The zero-order valence-electron chi connectivity index (χ0n) is 15.1. The quantitative estimate of drug-likeness (QED) is 0.532. The molecule has 0 bridgehead atoms. The first-order valence-electron chi connectivity index (χ1n) is 8.27. The zero-order chi connectivity index (χ0) is 21.0. The molecule has 0 radical (unpaired) electrons. The SMILES string of the molecule is CN(c1ccc(OCC(=O)Nc2ccc(Cl)c(Cl)c2)cc1)S(=O)(=O)c1cccs1. The van der Waals surface area contributed by atoms with Gasteiger partial charge in [0.1, 0.15) is 9.96 Å². The van der Waals surface area contributed by atoms with Gasteiger partial charge in [0, 0.05) is 12.7 Å². The maximum atomic E-state index is 12.5. The molecule has 0 aliphatic carbocycles. The Hall–Kier alpha value is -2.26. The number of anilines is 2. The molecule has 0 saturated carbocycles. The molecule has 0 spiro atoms. The summed E-state index contributed by atoms with van der Waals surface area (Å²) in [5, 5.41) is 5.09. The van der Waals surface area contributed by atoms with Crippen LogP contribution in [0, 0.1) is 0 Å². The molecule has 1 heterocycles. The fourth-order valence-corrected chi connectivity index (χ4v) is 5.01. The number of amides is 1. The normalized spacial score (nSPS) is 11.1. The van der Waals surface area contributed by atoms with Gasteiger partial charge in [-0.25, -0.2) is 8.42 Å². The summed E-state index contributed by atoms with van der Waals surface area (Å²) in [6, 6.07) is 14.4. The molecule has 0 unspecified atom stereocenters. The molecule has 0 saturated heterocycles. The van der Waals surface area contributed by atoms with Crippen molar-refractivity contribution < 1.29 is 17.9 Å². The highest BCUT2D eigenvalue weighted by Gasteiger charge is 2.22. The smallest absolute Gasteiger partial charge is 0.273 e. The van der Waals surface area contributed by atoms with Gasteiger partial charge in [-0.3, -0.25) is 9.10 Å². The Balaban J connectivity index is 1.59. The van der Waals surface area contributed by atoms with Crippen molar-refractivity contribution in [2.75, 3.05) is 23.3 Å². The minimum atomic E-state index is -3.60. The second-order valence-electron chi connectivity index (χ2n) is 5.86. The standard InChI is InChI=1S/C19H16Cl2N2O4S2/c1-23(29(25,26)19-3-2-10-28-19)14-5-7-15(8-6-14)27-12-18(24)22-13-4-9-16(20)17(21)11-13/h2-11H,12H2,1H3,(H,22,24). The third kappa shape index (κ3) is 5.22. The van der Waals surface area contributed by atoms with E-state index < -0.39 is 10.0 Å². The zero-order valence-corrected chi connectivity index (χ0v) is 18.3. The minimum absolute atomic E-state index is 0.219. The fraction of sp³-hybridized carbons (Fsp3) is 0.105. The van der Waals surface area contributed by atoms with Gasteiger partial charge in [0.25, 0.3) is 15.9 Å². The summed E-state index contributed by atoms with van der Waals surface area (Å²) in [7, 11) is -2.12. The van der Waals surface area contributed by atoms with E-state index in [4.69, 9.17) is 27.9 Å². The monoisotopic (exact) mass is 470 g/mol. The van der Waals surface area contributed by atoms with Crippen LogP contribution in [0.3, 0.4) is 0 Å². The molecule has 10 heteroatoms. The van der Waals surface area contributed by atoms with Crippen LogP contribution in [0.4, 0.5) is 11.4 Å². The van der Waals surface area contributed by atoms with Crippen molar-refractivity contribution in [3.05, 3.63) is 70.0 Å². The van der Waals surface area contributed by atoms with Crippen molar-refractivity contribution >= 4 is 61.8 Å². The Labute approximate surface area is 182 Å². The molecule has 0 aliphatic rings. The fourth-order valence-electron chi connectivity index (χ4n) is 2.36. The number of sulfonamides is 1. The number of carbonyl (C=O) groups is 1. The Bertz CT molecular complexity index is 1100. The largest absolute Gasteiger partial charge is 0.484 e. The first-order valence-corrected chi connectivity index (χ1v) is 11.3. The van der Waals surface area contributed by atoms with Crippen molar-refractivity contribution in [1.29, 1.82) is 0 Å². The van der Waals surface area contributed by atoms with Crippen molar-refractivity contribution in [2.24, 2.45) is 0 Å². The molecule has 152 valence electrons. The van der Waals surface area contributed by atoms with E-state index in [9.17, 15) is 13.2 Å². The number of hydrogen-bond acceptors (Lipinski definition) is 5. The number of thiophene rings is 1.